The third-order valence-electron chi connectivity index (χ3n) is 3.56. The van der Waals surface area contributed by atoms with Crippen molar-refractivity contribution in [1.29, 1.82) is 0 Å². The second kappa shape index (κ2) is 6.20. The highest BCUT2D eigenvalue weighted by Crippen LogP contribution is 2.29. The third kappa shape index (κ3) is 3.21. The molecule has 0 aliphatic heterocycles. The second-order valence-electron chi connectivity index (χ2n) is 5.07. The molecule has 118 valence electrons. The van der Waals surface area contributed by atoms with Gasteiger partial charge in [-0.25, -0.2) is 13.2 Å². The molecule has 1 atom stereocenters. The van der Waals surface area contributed by atoms with Crippen molar-refractivity contribution >= 4 is 27.3 Å². The first kappa shape index (κ1) is 16.7. The number of rotatable bonds is 5. The lowest BCUT2D eigenvalue weighted by Crippen LogP contribution is -2.29. The molecule has 1 N–H and O–H groups in total. The molecule has 1 aromatic carbocycles. The van der Waals surface area contributed by atoms with Crippen molar-refractivity contribution in [3.63, 3.8) is 0 Å². The average molecular weight is 339 g/mol. The van der Waals surface area contributed by atoms with Crippen molar-refractivity contribution < 1.29 is 18.3 Å². The maximum absolute atomic E-state index is 12.6. The van der Waals surface area contributed by atoms with Crippen LogP contribution in [-0.4, -0.2) is 30.8 Å². The molecule has 0 radical (unpaired) electrons. The molecule has 0 spiro atoms. The maximum atomic E-state index is 12.6. The SMILES string of the molecule is Cc1ccc(C(C)N(C)S(=O)(=O)c2cc(C(=O)O)cs2)cc1. The fraction of sp³-hybridized carbons (Fsp3) is 0.267. The minimum Gasteiger partial charge on any atom is -0.478 e. The van der Waals surface area contributed by atoms with Crippen LogP contribution in [0.15, 0.2) is 39.9 Å². The number of carboxylic acids is 1. The fourth-order valence-electron chi connectivity index (χ4n) is 1.97. The van der Waals surface area contributed by atoms with Crippen LogP contribution in [0.1, 0.15) is 34.5 Å². The Hall–Kier alpha value is -1.70. The summed E-state index contributed by atoms with van der Waals surface area (Å²) in [4.78, 5) is 10.9. The highest BCUT2D eigenvalue weighted by atomic mass is 32.2. The minimum atomic E-state index is -3.72. The van der Waals surface area contributed by atoms with E-state index in [1.54, 1.807) is 6.92 Å². The van der Waals surface area contributed by atoms with Crippen molar-refractivity contribution in [2.24, 2.45) is 0 Å². The standard InChI is InChI=1S/C15H17NO4S2/c1-10-4-6-12(7-5-10)11(2)16(3)22(19,20)14-8-13(9-21-14)15(17)18/h4-9,11H,1-3H3,(H,17,18). The monoisotopic (exact) mass is 339 g/mol. The van der Waals surface area contributed by atoms with Gasteiger partial charge >= 0.3 is 5.97 Å². The van der Waals surface area contributed by atoms with Crippen LogP contribution < -0.4 is 0 Å². The van der Waals surface area contributed by atoms with Gasteiger partial charge in [-0.15, -0.1) is 11.3 Å². The summed E-state index contributed by atoms with van der Waals surface area (Å²) in [6.45, 7) is 3.77. The lowest BCUT2D eigenvalue weighted by atomic mass is 10.1. The van der Waals surface area contributed by atoms with Crippen LogP contribution in [0.25, 0.3) is 0 Å². The average Bonchev–Trinajstić information content (AvgIpc) is 2.97. The summed E-state index contributed by atoms with van der Waals surface area (Å²) in [6.07, 6.45) is 0. The first-order valence-electron chi connectivity index (χ1n) is 6.60. The first-order chi connectivity index (χ1) is 10.2. The Labute approximate surface area is 133 Å². The molecule has 0 bridgehead atoms. The predicted octanol–water partition coefficient (Wildman–Crippen LogP) is 3.14. The maximum Gasteiger partial charge on any atom is 0.336 e. The molecule has 0 saturated carbocycles. The molecule has 1 aromatic heterocycles. The number of carboxylic acid groups (broad SMARTS) is 1. The summed E-state index contributed by atoms with van der Waals surface area (Å²) in [5.41, 5.74) is 1.97. The number of nitrogens with zero attached hydrogens (tertiary/aromatic N) is 1. The summed E-state index contributed by atoms with van der Waals surface area (Å²) >= 11 is 0.918. The summed E-state index contributed by atoms with van der Waals surface area (Å²) < 4.78 is 26.5. The zero-order valence-electron chi connectivity index (χ0n) is 12.5. The number of sulfonamides is 1. The van der Waals surface area contributed by atoms with Gasteiger partial charge in [-0.05, 0) is 25.5 Å². The van der Waals surface area contributed by atoms with E-state index in [9.17, 15) is 13.2 Å². The molecular weight excluding hydrogens is 322 g/mol. The number of thiophene rings is 1. The van der Waals surface area contributed by atoms with Crippen molar-refractivity contribution in [3.05, 3.63) is 52.4 Å². The topological polar surface area (TPSA) is 74.7 Å². The minimum absolute atomic E-state index is 0.0139. The number of carbonyl (C=O) groups is 1. The molecule has 5 nitrogen and oxygen atoms in total. The van der Waals surface area contributed by atoms with Crippen LogP contribution >= 0.6 is 11.3 Å². The molecule has 2 rings (SSSR count). The van der Waals surface area contributed by atoms with E-state index in [4.69, 9.17) is 5.11 Å². The van der Waals surface area contributed by atoms with Crippen LogP contribution in [0.2, 0.25) is 0 Å². The molecule has 0 fully saturated rings. The summed E-state index contributed by atoms with van der Waals surface area (Å²) in [5.74, 6) is -1.13. The normalized spacial score (nSPS) is 13.3. The Morgan fingerprint density at radius 3 is 2.36 bits per heavy atom. The van der Waals surface area contributed by atoms with E-state index in [1.165, 1.54) is 22.8 Å². The highest BCUT2D eigenvalue weighted by molar-refractivity contribution is 7.91. The first-order valence-corrected chi connectivity index (χ1v) is 8.92. The molecule has 0 aliphatic carbocycles. The Bertz CT molecular complexity index is 778. The molecule has 0 aliphatic rings. The summed E-state index contributed by atoms with van der Waals surface area (Å²) in [7, 11) is -2.22. The van der Waals surface area contributed by atoms with E-state index in [1.807, 2.05) is 31.2 Å². The van der Waals surface area contributed by atoms with Crippen LogP contribution in [0.3, 0.4) is 0 Å². The van der Waals surface area contributed by atoms with Crippen LogP contribution in [0.4, 0.5) is 0 Å². The molecule has 1 unspecified atom stereocenters. The second-order valence-corrected chi connectivity index (χ2v) is 8.20. The Morgan fingerprint density at radius 1 is 1.27 bits per heavy atom. The number of benzene rings is 1. The van der Waals surface area contributed by atoms with Crippen molar-refractivity contribution in [2.45, 2.75) is 24.1 Å². The van der Waals surface area contributed by atoms with Gasteiger partial charge in [0.05, 0.1) is 5.56 Å². The van der Waals surface area contributed by atoms with Gasteiger partial charge in [0.1, 0.15) is 4.21 Å². The number of aromatic carboxylic acids is 1. The molecular formula is C15H17NO4S2. The van der Waals surface area contributed by atoms with Crippen molar-refractivity contribution in [1.82, 2.24) is 4.31 Å². The van der Waals surface area contributed by atoms with E-state index < -0.39 is 16.0 Å². The fourth-order valence-corrected chi connectivity index (χ4v) is 4.66. The highest BCUT2D eigenvalue weighted by Gasteiger charge is 2.28. The van der Waals surface area contributed by atoms with Crippen molar-refractivity contribution in [3.8, 4) is 0 Å². The van der Waals surface area contributed by atoms with Crippen LogP contribution in [0, 0.1) is 6.92 Å². The Morgan fingerprint density at radius 2 is 1.86 bits per heavy atom. The summed E-state index contributed by atoms with van der Waals surface area (Å²) in [5, 5.41) is 10.2. The van der Waals surface area contributed by atoms with Crippen LogP contribution in [-0.2, 0) is 10.0 Å². The quantitative estimate of drug-likeness (QED) is 0.908. The van der Waals surface area contributed by atoms with Gasteiger partial charge in [-0.3, -0.25) is 0 Å². The number of hydrogen-bond donors (Lipinski definition) is 1. The molecule has 7 heteroatoms. The Balaban J connectivity index is 2.31. The van der Waals surface area contributed by atoms with E-state index in [2.05, 4.69) is 0 Å². The largest absolute Gasteiger partial charge is 0.478 e. The summed E-state index contributed by atoms with van der Waals surface area (Å²) in [6, 6.07) is 8.49. The zero-order valence-corrected chi connectivity index (χ0v) is 14.1. The van der Waals surface area contributed by atoms with E-state index >= 15 is 0 Å². The molecule has 1 heterocycles. The Kier molecular flexibility index (Phi) is 4.69. The molecule has 2 aromatic rings. The van der Waals surface area contributed by atoms with Gasteiger partial charge in [-0.1, -0.05) is 29.8 Å². The van der Waals surface area contributed by atoms with Gasteiger partial charge in [0.2, 0.25) is 0 Å². The van der Waals surface area contributed by atoms with E-state index in [-0.39, 0.29) is 15.8 Å². The van der Waals surface area contributed by atoms with Gasteiger partial charge in [0.15, 0.2) is 0 Å². The van der Waals surface area contributed by atoms with Gasteiger partial charge in [0, 0.05) is 18.5 Å². The van der Waals surface area contributed by atoms with Crippen molar-refractivity contribution in [2.75, 3.05) is 7.05 Å². The number of aryl methyl sites for hydroxylation is 1. The van der Waals surface area contributed by atoms with Gasteiger partial charge in [-0.2, -0.15) is 4.31 Å². The lowest BCUT2D eigenvalue weighted by Gasteiger charge is -2.24. The molecule has 22 heavy (non-hydrogen) atoms. The van der Waals surface area contributed by atoms with Gasteiger partial charge in [0.25, 0.3) is 10.0 Å². The third-order valence-corrected chi connectivity index (χ3v) is 6.90. The number of hydrogen-bond acceptors (Lipinski definition) is 4. The smallest absolute Gasteiger partial charge is 0.336 e. The zero-order chi connectivity index (χ0) is 16.5. The molecule has 0 saturated heterocycles. The van der Waals surface area contributed by atoms with E-state index in [0.717, 1.165) is 22.5 Å². The van der Waals surface area contributed by atoms with Crippen LogP contribution in [0.5, 0.6) is 0 Å². The lowest BCUT2D eigenvalue weighted by molar-refractivity contribution is 0.0697. The van der Waals surface area contributed by atoms with Gasteiger partial charge < -0.3 is 5.11 Å². The van der Waals surface area contributed by atoms with E-state index in [0.29, 0.717) is 0 Å². The molecule has 0 amide bonds. The predicted molar refractivity (Wildman–Crippen MR) is 85.8 cm³/mol.